The summed E-state index contributed by atoms with van der Waals surface area (Å²) in [6, 6.07) is -0.612. The van der Waals surface area contributed by atoms with Gasteiger partial charge in [-0.2, -0.15) is 0 Å². The van der Waals surface area contributed by atoms with Crippen LogP contribution in [0.3, 0.4) is 0 Å². The van der Waals surface area contributed by atoms with E-state index in [1.54, 1.807) is 0 Å². The van der Waals surface area contributed by atoms with Gasteiger partial charge in [0.1, 0.15) is 6.04 Å². The number of nitrogens with two attached hydrogens (primary N) is 1. The molecule has 0 bridgehead atoms. The van der Waals surface area contributed by atoms with Crippen molar-refractivity contribution in [3.63, 3.8) is 0 Å². The molecule has 1 fully saturated rings. The van der Waals surface area contributed by atoms with Gasteiger partial charge in [-0.3, -0.25) is 9.59 Å². The lowest BCUT2D eigenvalue weighted by Gasteiger charge is -2.16. The highest BCUT2D eigenvalue weighted by Crippen LogP contribution is 1.85. The zero-order valence-corrected chi connectivity index (χ0v) is 6.09. The van der Waals surface area contributed by atoms with Gasteiger partial charge >= 0.3 is 0 Å². The molecule has 1 aliphatic rings. The molecule has 5 nitrogen and oxygen atoms in total. The van der Waals surface area contributed by atoms with Crippen LogP contribution in [0.2, 0.25) is 0 Å². The van der Waals surface area contributed by atoms with Crippen molar-refractivity contribution in [2.45, 2.75) is 12.5 Å². The van der Waals surface area contributed by atoms with Crippen LogP contribution in [0.1, 0.15) is 6.42 Å². The maximum absolute atomic E-state index is 10.9. The Bertz CT molecular complexity index is 181. The molecule has 1 atom stereocenters. The van der Waals surface area contributed by atoms with Gasteiger partial charge in [0.25, 0.3) is 0 Å². The van der Waals surface area contributed by atoms with Crippen molar-refractivity contribution >= 4 is 11.8 Å². The molecule has 4 N–H and O–H groups in total. The number of carbonyl (C=O) groups excluding carboxylic acids is 2. The molecule has 0 aromatic carbocycles. The topological polar surface area (TPSA) is 84.2 Å². The average Bonchev–Trinajstić information content (AvgIpc) is 1.98. The lowest BCUT2D eigenvalue weighted by molar-refractivity contribution is -0.125. The van der Waals surface area contributed by atoms with E-state index in [4.69, 9.17) is 5.73 Å². The number of nitrogens with one attached hydrogen (secondary N) is 2. The van der Waals surface area contributed by atoms with Crippen molar-refractivity contribution < 1.29 is 9.59 Å². The highest BCUT2D eigenvalue weighted by Gasteiger charge is 2.16. The van der Waals surface area contributed by atoms with E-state index < -0.39 is 6.04 Å². The molecule has 0 spiro atoms. The molecule has 0 aromatic rings. The summed E-state index contributed by atoms with van der Waals surface area (Å²) in [5, 5.41) is 5.08. The number of hydrogen-bond donors (Lipinski definition) is 3. The third-order valence-corrected chi connectivity index (χ3v) is 1.51. The molecule has 1 unspecified atom stereocenters. The third kappa shape index (κ3) is 2.19. The zero-order valence-electron chi connectivity index (χ0n) is 6.09. The first-order valence-electron chi connectivity index (χ1n) is 3.50. The molecule has 0 aliphatic carbocycles. The van der Waals surface area contributed by atoms with Crippen LogP contribution in [0.4, 0.5) is 0 Å². The molecule has 62 valence electrons. The van der Waals surface area contributed by atoms with Gasteiger partial charge in [-0.25, -0.2) is 0 Å². The quantitative estimate of drug-likeness (QED) is 0.378. The molecular formula is C6H11N3O2. The summed E-state index contributed by atoms with van der Waals surface area (Å²) in [5.74, 6) is -0.273. The first-order chi connectivity index (χ1) is 5.20. The molecule has 2 amide bonds. The van der Waals surface area contributed by atoms with Crippen LogP contribution in [-0.4, -0.2) is 30.9 Å². The van der Waals surface area contributed by atoms with Gasteiger partial charge in [0.05, 0.1) is 0 Å². The minimum Gasteiger partial charge on any atom is -0.354 e. The summed E-state index contributed by atoms with van der Waals surface area (Å²) in [7, 11) is 0. The molecule has 1 heterocycles. The molecule has 0 saturated carbocycles. The summed E-state index contributed by atoms with van der Waals surface area (Å²) in [5.41, 5.74) is 5.38. The number of rotatable bonds is 0. The van der Waals surface area contributed by atoms with Crippen LogP contribution in [0.25, 0.3) is 0 Å². The number of amides is 2. The average molecular weight is 157 g/mol. The lowest BCUT2D eigenvalue weighted by atomic mass is 10.2. The van der Waals surface area contributed by atoms with E-state index in [0.29, 0.717) is 13.0 Å². The predicted molar refractivity (Wildman–Crippen MR) is 38.6 cm³/mol. The van der Waals surface area contributed by atoms with Crippen molar-refractivity contribution in [1.29, 1.82) is 0 Å². The minimum atomic E-state index is -0.612. The summed E-state index contributed by atoms with van der Waals surface area (Å²) in [6.45, 7) is 0.600. The second kappa shape index (κ2) is 3.34. The summed E-state index contributed by atoms with van der Waals surface area (Å²) in [4.78, 5) is 21.7. The van der Waals surface area contributed by atoms with Crippen molar-refractivity contribution in [2.75, 3.05) is 13.1 Å². The van der Waals surface area contributed by atoms with Crippen molar-refractivity contribution in [3.05, 3.63) is 0 Å². The van der Waals surface area contributed by atoms with Crippen LogP contribution in [0.5, 0.6) is 0 Å². The Morgan fingerprint density at radius 1 is 1.36 bits per heavy atom. The number of carbonyl (C=O) groups is 2. The van der Waals surface area contributed by atoms with Gasteiger partial charge in [0, 0.05) is 19.5 Å². The fourth-order valence-electron chi connectivity index (χ4n) is 0.835. The van der Waals surface area contributed by atoms with Gasteiger partial charge < -0.3 is 16.4 Å². The first kappa shape index (κ1) is 8.00. The second-order valence-electron chi connectivity index (χ2n) is 2.45. The lowest BCUT2D eigenvalue weighted by Crippen LogP contribution is -2.51. The van der Waals surface area contributed by atoms with E-state index >= 15 is 0 Å². The van der Waals surface area contributed by atoms with E-state index in [-0.39, 0.29) is 18.4 Å². The Labute approximate surface area is 64.3 Å². The Morgan fingerprint density at radius 3 is 2.82 bits per heavy atom. The Kier molecular flexibility index (Phi) is 2.43. The molecule has 0 radical (unpaired) electrons. The molecule has 1 rings (SSSR count). The SMILES string of the molecule is NC1CNC(=O)CCNC1=O. The van der Waals surface area contributed by atoms with E-state index in [1.807, 2.05) is 0 Å². The summed E-state index contributed by atoms with van der Waals surface area (Å²) in [6.07, 6.45) is 0.332. The van der Waals surface area contributed by atoms with Gasteiger partial charge in [0.15, 0.2) is 0 Å². The molecule has 11 heavy (non-hydrogen) atoms. The minimum absolute atomic E-state index is 0.0690. The van der Waals surface area contributed by atoms with Gasteiger partial charge in [-0.1, -0.05) is 0 Å². The molecular weight excluding hydrogens is 146 g/mol. The van der Waals surface area contributed by atoms with E-state index in [0.717, 1.165) is 0 Å². The molecule has 1 aliphatic heterocycles. The standard InChI is InChI=1S/C6H11N3O2/c7-4-3-9-5(10)1-2-8-6(4)11/h4H,1-3,7H2,(H,8,11)(H,9,10). The van der Waals surface area contributed by atoms with Gasteiger partial charge in [-0.15, -0.1) is 0 Å². The number of hydrogen-bond acceptors (Lipinski definition) is 3. The van der Waals surface area contributed by atoms with Gasteiger partial charge in [0.2, 0.25) is 11.8 Å². The fraction of sp³-hybridized carbons (Fsp3) is 0.667. The van der Waals surface area contributed by atoms with Crippen LogP contribution in [0, 0.1) is 0 Å². The zero-order chi connectivity index (χ0) is 8.27. The molecule has 5 heteroatoms. The van der Waals surface area contributed by atoms with Gasteiger partial charge in [-0.05, 0) is 0 Å². The maximum atomic E-state index is 10.9. The molecule has 0 aromatic heterocycles. The fourth-order valence-corrected chi connectivity index (χ4v) is 0.835. The smallest absolute Gasteiger partial charge is 0.238 e. The third-order valence-electron chi connectivity index (χ3n) is 1.51. The normalized spacial score (nSPS) is 26.5. The Balaban J connectivity index is 2.47. The molecule has 1 saturated heterocycles. The van der Waals surface area contributed by atoms with E-state index in [1.165, 1.54) is 0 Å². The maximum Gasteiger partial charge on any atom is 0.238 e. The predicted octanol–water partition coefficient (Wildman–Crippen LogP) is -2.05. The summed E-state index contributed by atoms with van der Waals surface area (Å²) < 4.78 is 0. The van der Waals surface area contributed by atoms with E-state index in [2.05, 4.69) is 10.6 Å². The Morgan fingerprint density at radius 2 is 2.09 bits per heavy atom. The van der Waals surface area contributed by atoms with Crippen LogP contribution >= 0.6 is 0 Å². The summed E-state index contributed by atoms with van der Waals surface area (Å²) >= 11 is 0. The van der Waals surface area contributed by atoms with Crippen LogP contribution in [0.15, 0.2) is 0 Å². The first-order valence-corrected chi connectivity index (χ1v) is 3.50. The van der Waals surface area contributed by atoms with Crippen molar-refractivity contribution in [3.8, 4) is 0 Å². The van der Waals surface area contributed by atoms with E-state index in [9.17, 15) is 9.59 Å². The monoisotopic (exact) mass is 157 g/mol. The highest BCUT2D eigenvalue weighted by atomic mass is 16.2. The Hall–Kier alpha value is -1.10. The van der Waals surface area contributed by atoms with Crippen LogP contribution in [-0.2, 0) is 9.59 Å². The highest BCUT2D eigenvalue weighted by molar-refractivity contribution is 5.85. The van der Waals surface area contributed by atoms with Crippen molar-refractivity contribution in [2.24, 2.45) is 5.73 Å². The largest absolute Gasteiger partial charge is 0.354 e. The second-order valence-corrected chi connectivity index (χ2v) is 2.45. The van der Waals surface area contributed by atoms with Crippen LogP contribution < -0.4 is 16.4 Å². The van der Waals surface area contributed by atoms with Crippen molar-refractivity contribution in [1.82, 2.24) is 10.6 Å².